The summed E-state index contributed by atoms with van der Waals surface area (Å²) in [7, 11) is -4.03. The van der Waals surface area contributed by atoms with Crippen LogP contribution in [0.5, 0.6) is 0 Å². The van der Waals surface area contributed by atoms with Crippen molar-refractivity contribution in [2.75, 3.05) is 11.9 Å². The van der Waals surface area contributed by atoms with E-state index in [2.05, 4.69) is 10.4 Å². The lowest BCUT2D eigenvalue weighted by molar-refractivity contribution is -0.116. The molecule has 0 atom stereocenters. The summed E-state index contributed by atoms with van der Waals surface area (Å²) >= 11 is 0. The molecule has 2 amide bonds. The highest BCUT2D eigenvalue weighted by Crippen LogP contribution is 2.29. The van der Waals surface area contributed by atoms with Gasteiger partial charge in [-0.2, -0.15) is 5.10 Å². The average molecular weight is 410 g/mol. The van der Waals surface area contributed by atoms with Gasteiger partial charge in [0.15, 0.2) is 0 Å². The number of hydrogen-bond acceptors (Lipinski definition) is 5. The Balaban J connectivity index is 1.49. The zero-order valence-electron chi connectivity index (χ0n) is 15.6. The highest BCUT2D eigenvalue weighted by Gasteiger charge is 2.41. The lowest BCUT2D eigenvalue weighted by atomic mass is 10.1. The van der Waals surface area contributed by atoms with Crippen LogP contribution in [0.25, 0.3) is 0 Å². The van der Waals surface area contributed by atoms with Crippen LogP contribution in [0, 0.1) is 6.92 Å². The Morgan fingerprint density at radius 2 is 1.90 bits per heavy atom. The van der Waals surface area contributed by atoms with Crippen molar-refractivity contribution < 1.29 is 18.0 Å². The SMILES string of the molecule is Cc1cccc(Cn2nccc2NC(=O)CN2C(=O)c3ccccc3S2(=O)=O)c1. The van der Waals surface area contributed by atoms with Gasteiger partial charge in [-0.1, -0.05) is 42.0 Å². The summed E-state index contributed by atoms with van der Waals surface area (Å²) in [5.41, 5.74) is 2.19. The highest BCUT2D eigenvalue weighted by molar-refractivity contribution is 7.90. The van der Waals surface area contributed by atoms with Crippen LogP contribution in [0.15, 0.2) is 65.7 Å². The maximum atomic E-state index is 12.6. The van der Waals surface area contributed by atoms with E-state index in [0.717, 1.165) is 11.1 Å². The summed E-state index contributed by atoms with van der Waals surface area (Å²) in [6, 6.07) is 15.4. The molecule has 3 aromatic rings. The Labute approximate surface area is 167 Å². The quantitative estimate of drug-likeness (QED) is 0.693. The Hall–Kier alpha value is -3.46. The minimum absolute atomic E-state index is 0.0739. The van der Waals surface area contributed by atoms with E-state index < -0.39 is 28.4 Å². The molecule has 0 fully saturated rings. The minimum atomic E-state index is -4.03. The van der Waals surface area contributed by atoms with E-state index >= 15 is 0 Å². The summed E-state index contributed by atoms with van der Waals surface area (Å²) in [5, 5.41) is 6.85. The maximum Gasteiger partial charge on any atom is 0.269 e. The van der Waals surface area contributed by atoms with Crippen LogP contribution in [0.2, 0.25) is 0 Å². The summed E-state index contributed by atoms with van der Waals surface area (Å²) < 4.78 is 27.4. The molecule has 0 saturated heterocycles. The second kappa shape index (κ2) is 7.17. The molecule has 0 spiro atoms. The fraction of sp³-hybridized carbons (Fsp3) is 0.150. The molecule has 29 heavy (non-hydrogen) atoms. The van der Waals surface area contributed by atoms with Gasteiger partial charge in [-0.05, 0) is 24.6 Å². The van der Waals surface area contributed by atoms with Gasteiger partial charge >= 0.3 is 0 Å². The number of aryl methyl sites for hydroxylation is 1. The van der Waals surface area contributed by atoms with Crippen LogP contribution in [0.3, 0.4) is 0 Å². The first-order valence-corrected chi connectivity index (χ1v) is 10.3. The van der Waals surface area contributed by atoms with Crippen molar-refractivity contribution in [3.05, 3.63) is 77.5 Å². The number of nitrogens with one attached hydrogen (secondary N) is 1. The number of nitrogens with zero attached hydrogens (tertiary/aromatic N) is 3. The molecule has 2 heterocycles. The van der Waals surface area contributed by atoms with Crippen molar-refractivity contribution in [3.8, 4) is 0 Å². The number of amides is 2. The van der Waals surface area contributed by atoms with Crippen LogP contribution < -0.4 is 5.32 Å². The molecule has 4 rings (SSSR count). The number of sulfonamides is 1. The first-order chi connectivity index (χ1) is 13.9. The Morgan fingerprint density at radius 3 is 2.66 bits per heavy atom. The number of benzene rings is 2. The van der Waals surface area contributed by atoms with Gasteiger partial charge in [0.25, 0.3) is 15.9 Å². The third kappa shape index (κ3) is 3.52. The van der Waals surface area contributed by atoms with Gasteiger partial charge in [0.2, 0.25) is 5.91 Å². The number of aromatic nitrogens is 2. The fourth-order valence-electron chi connectivity index (χ4n) is 3.25. The summed E-state index contributed by atoms with van der Waals surface area (Å²) in [6.07, 6.45) is 1.54. The molecule has 1 aliphatic rings. The van der Waals surface area contributed by atoms with Gasteiger partial charge in [-0.3, -0.25) is 9.59 Å². The van der Waals surface area contributed by atoms with E-state index in [9.17, 15) is 18.0 Å². The molecule has 2 aromatic carbocycles. The summed E-state index contributed by atoms with van der Waals surface area (Å²) in [5.74, 6) is -0.914. The molecule has 1 N–H and O–H groups in total. The molecular formula is C20H18N4O4S. The van der Waals surface area contributed by atoms with Crippen molar-refractivity contribution in [2.45, 2.75) is 18.4 Å². The Bertz CT molecular complexity index is 1220. The lowest BCUT2D eigenvalue weighted by Gasteiger charge is -2.15. The zero-order chi connectivity index (χ0) is 20.6. The number of rotatable bonds is 5. The summed E-state index contributed by atoms with van der Waals surface area (Å²) in [4.78, 5) is 24.9. The van der Waals surface area contributed by atoms with Crippen molar-refractivity contribution in [3.63, 3.8) is 0 Å². The van der Waals surface area contributed by atoms with E-state index in [1.807, 2.05) is 31.2 Å². The van der Waals surface area contributed by atoms with Gasteiger partial charge in [-0.25, -0.2) is 17.4 Å². The van der Waals surface area contributed by atoms with Gasteiger partial charge in [0.1, 0.15) is 17.3 Å². The van der Waals surface area contributed by atoms with E-state index in [0.29, 0.717) is 16.7 Å². The second-order valence-electron chi connectivity index (χ2n) is 6.72. The molecule has 0 saturated carbocycles. The average Bonchev–Trinajstić information content (AvgIpc) is 3.18. The fourth-order valence-corrected chi connectivity index (χ4v) is 4.77. The molecule has 148 valence electrons. The van der Waals surface area contributed by atoms with E-state index in [-0.39, 0.29) is 10.5 Å². The third-order valence-corrected chi connectivity index (χ3v) is 6.39. The number of carbonyl (C=O) groups is 2. The van der Waals surface area contributed by atoms with Gasteiger partial charge in [-0.15, -0.1) is 0 Å². The van der Waals surface area contributed by atoms with Crippen molar-refractivity contribution in [1.82, 2.24) is 14.1 Å². The maximum absolute atomic E-state index is 12.6. The lowest BCUT2D eigenvalue weighted by Crippen LogP contribution is -2.37. The molecular weight excluding hydrogens is 392 g/mol. The van der Waals surface area contributed by atoms with E-state index in [1.54, 1.807) is 23.0 Å². The van der Waals surface area contributed by atoms with Crippen LogP contribution >= 0.6 is 0 Å². The molecule has 9 heteroatoms. The van der Waals surface area contributed by atoms with Crippen LogP contribution in [-0.4, -0.2) is 40.9 Å². The topological polar surface area (TPSA) is 101 Å². The molecule has 1 aliphatic heterocycles. The highest BCUT2D eigenvalue weighted by atomic mass is 32.2. The van der Waals surface area contributed by atoms with Gasteiger partial charge in [0.05, 0.1) is 18.3 Å². The standard InChI is InChI=1S/C20H18N4O4S/c1-14-5-4-6-15(11-14)12-23-18(9-10-21-23)22-19(25)13-24-20(26)16-7-2-3-8-17(16)29(24,27)28/h2-11H,12-13H2,1H3,(H,22,25). The minimum Gasteiger partial charge on any atom is -0.309 e. The smallest absolute Gasteiger partial charge is 0.269 e. The number of hydrogen-bond donors (Lipinski definition) is 1. The first kappa shape index (κ1) is 18.9. The largest absolute Gasteiger partial charge is 0.309 e. The molecule has 0 bridgehead atoms. The Morgan fingerprint density at radius 1 is 1.10 bits per heavy atom. The Kier molecular flexibility index (Phi) is 4.67. The molecule has 0 radical (unpaired) electrons. The number of fused-ring (bicyclic) bond motifs is 1. The predicted molar refractivity (Wildman–Crippen MR) is 106 cm³/mol. The second-order valence-corrected chi connectivity index (χ2v) is 8.56. The monoisotopic (exact) mass is 410 g/mol. The first-order valence-electron chi connectivity index (χ1n) is 8.89. The van der Waals surface area contributed by atoms with Crippen molar-refractivity contribution in [2.24, 2.45) is 0 Å². The van der Waals surface area contributed by atoms with E-state index in [1.165, 1.54) is 18.2 Å². The molecule has 8 nitrogen and oxygen atoms in total. The van der Waals surface area contributed by atoms with Crippen LogP contribution in [-0.2, 0) is 21.4 Å². The van der Waals surface area contributed by atoms with E-state index in [4.69, 9.17) is 0 Å². The van der Waals surface area contributed by atoms with Crippen LogP contribution in [0.4, 0.5) is 5.82 Å². The van der Waals surface area contributed by atoms with Crippen molar-refractivity contribution in [1.29, 1.82) is 0 Å². The predicted octanol–water partition coefficient (Wildman–Crippen LogP) is 2.02. The van der Waals surface area contributed by atoms with Gasteiger partial charge in [0, 0.05) is 6.07 Å². The van der Waals surface area contributed by atoms with Gasteiger partial charge < -0.3 is 5.32 Å². The molecule has 0 aliphatic carbocycles. The molecule has 1 aromatic heterocycles. The third-order valence-electron chi connectivity index (χ3n) is 4.60. The zero-order valence-corrected chi connectivity index (χ0v) is 16.4. The number of carbonyl (C=O) groups excluding carboxylic acids is 2. The summed E-state index contributed by atoms with van der Waals surface area (Å²) in [6.45, 7) is 1.82. The van der Waals surface area contributed by atoms with Crippen molar-refractivity contribution >= 4 is 27.7 Å². The normalized spacial score (nSPS) is 14.7. The number of anilines is 1. The molecule has 0 unspecified atom stereocenters. The van der Waals surface area contributed by atoms with Crippen LogP contribution in [0.1, 0.15) is 21.5 Å².